The van der Waals surface area contributed by atoms with Gasteiger partial charge < -0.3 is 9.47 Å². The molecule has 150 valence electrons. The van der Waals surface area contributed by atoms with Crippen LogP contribution in [0.3, 0.4) is 0 Å². The first-order chi connectivity index (χ1) is 13.3. The summed E-state index contributed by atoms with van der Waals surface area (Å²) in [5, 5.41) is 0. The number of methoxy groups -OCH3 is 1. The molecule has 0 aromatic heterocycles. The highest BCUT2D eigenvalue weighted by Gasteiger charge is 2.40. The molecular weight excluding hydrogens is 378 g/mol. The number of para-hydroxylation sites is 1. The Kier molecular flexibility index (Phi) is 5.76. The third-order valence-corrected chi connectivity index (χ3v) is 6.82. The normalized spacial score (nSPS) is 18.0. The first-order valence-electron chi connectivity index (χ1n) is 9.33. The van der Waals surface area contributed by atoms with E-state index < -0.39 is 27.6 Å². The molecule has 3 rings (SSSR count). The van der Waals surface area contributed by atoms with Crippen LogP contribution in [0, 0.1) is 0 Å². The van der Waals surface area contributed by atoms with Gasteiger partial charge in [0.15, 0.2) is 0 Å². The van der Waals surface area contributed by atoms with E-state index in [1.54, 1.807) is 0 Å². The van der Waals surface area contributed by atoms with Crippen molar-refractivity contribution in [2.45, 2.75) is 49.6 Å². The van der Waals surface area contributed by atoms with Gasteiger partial charge in [-0.25, -0.2) is 17.9 Å². The van der Waals surface area contributed by atoms with Gasteiger partial charge in [-0.05, 0) is 37.1 Å². The minimum absolute atomic E-state index is 0.0259. The van der Waals surface area contributed by atoms with Crippen molar-refractivity contribution >= 4 is 16.0 Å². The number of sulfonamides is 1. The third kappa shape index (κ3) is 3.91. The number of carbonyl (C=O) groups is 1. The first kappa shape index (κ1) is 20.4. The maximum Gasteiger partial charge on any atom is 0.337 e. The van der Waals surface area contributed by atoms with Gasteiger partial charge in [0.05, 0.1) is 23.6 Å². The maximum absolute atomic E-state index is 13.1. The van der Waals surface area contributed by atoms with E-state index in [9.17, 15) is 13.2 Å². The number of benzene rings is 2. The molecule has 7 heteroatoms. The Hall–Kier alpha value is -2.38. The van der Waals surface area contributed by atoms with Crippen LogP contribution in [-0.4, -0.2) is 27.1 Å². The van der Waals surface area contributed by atoms with Gasteiger partial charge in [0.1, 0.15) is 11.4 Å². The largest absolute Gasteiger partial charge is 0.487 e. The summed E-state index contributed by atoms with van der Waals surface area (Å²) in [7, 11) is -2.59. The van der Waals surface area contributed by atoms with Gasteiger partial charge in [0, 0.05) is 12.0 Å². The second-order valence-corrected chi connectivity index (χ2v) is 8.64. The standard InChI is InChI=1S/C21H25NO5S/c1-4-21(5-2)14-18(17-11-6-7-12-19(17)27-21)22-28(24,25)16-10-8-9-15(13-16)20(23)26-3/h6-13,18,22H,4-5,14H2,1-3H3/t18-/m1/s1. The van der Waals surface area contributed by atoms with E-state index in [1.165, 1.54) is 31.4 Å². The lowest BCUT2D eigenvalue weighted by atomic mass is 9.84. The second kappa shape index (κ2) is 7.93. The summed E-state index contributed by atoms with van der Waals surface area (Å²) in [6.07, 6.45) is 2.08. The fourth-order valence-electron chi connectivity index (χ4n) is 3.57. The molecular formula is C21H25NO5S. The molecule has 1 atom stereocenters. The van der Waals surface area contributed by atoms with Gasteiger partial charge in [0.2, 0.25) is 10.0 Å². The molecule has 0 spiro atoms. The lowest BCUT2D eigenvalue weighted by molar-refractivity contribution is 0.0260. The molecule has 0 unspecified atom stereocenters. The fourth-order valence-corrected chi connectivity index (χ4v) is 4.83. The van der Waals surface area contributed by atoms with Gasteiger partial charge in [-0.3, -0.25) is 0 Å². The molecule has 1 aliphatic rings. The van der Waals surface area contributed by atoms with Gasteiger partial charge >= 0.3 is 5.97 Å². The number of nitrogens with one attached hydrogen (secondary N) is 1. The summed E-state index contributed by atoms with van der Waals surface area (Å²) in [6.45, 7) is 4.09. The Morgan fingerprint density at radius 2 is 1.89 bits per heavy atom. The SMILES string of the molecule is CCC1(CC)C[C@@H](NS(=O)(=O)c2cccc(C(=O)OC)c2)c2ccccc2O1. The topological polar surface area (TPSA) is 81.7 Å². The fraction of sp³-hybridized carbons (Fsp3) is 0.381. The molecule has 1 aliphatic heterocycles. The van der Waals surface area contributed by atoms with Crippen LogP contribution in [0.1, 0.15) is 55.1 Å². The van der Waals surface area contributed by atoms with Crippen molar-refractivity contribution in [1.29, 1.82) is 0 Å². The van der Waals surface area contributed by atoms with E-state index in [0.717, 1.165) is 18.4 Å². The number of esters is 1. The third-order valence-electron chi connectivity index (χ3n) is 5.35. The molecule has 0 aliphatic carbocycles. The highest BCUT2D eigenvalue weighted by molar-refractivity contribution is 7.89. The molecule has 0 radical (unpaired) electrons. The molecule has 1 N–H and O–H groups in total. The quantitative estimate of drug-likeness (QED) is 0.741. The van der Waals surface area contributed by atoms with E-state index in [2.05, 4.69) is 9.46 Å². The molecule has 28 heavy (non-hydrogen) atoms. The zero-order valence-corrected chi connectivity index (χ0v) is 17.1. The summed E-state index contributed by atoms with van der Waals surface area (Å²) in [6, 6.07) is 12.9. The van der Waals surface area contributed by atoms with Crippen molar-refractivity contribution in [1.82, 2.24) is 4.72 Å². The molecule has 0 saturated heterocycles. The zero-order chi connectivity index (χ0) is 20.4. The van der Waals surface area contributed by atoms with Crippen LogP contribution in [0.5, 0.6) is 5.75 Å². The van der Waals surface area contributed by atoms with Crippen LogP contribution in [0.25, 0.3) is 0 Å². The number of fused-ring (bicyclic) bond motifs is 1. The van der Waals surface area contributed by atoms with Crippen molar-refractivity contribution < 1.29 is 22.7 Å². The van der Waals surface area contributed by atoms with Gasteiger partial charge in [-0.1, -0.05) is 38.1 Å². The van der Waals surface area contributed by atoms with Crippen molar-refractivity contribution in [3.8, 4) is 5.75 Å². The monoisotopic (exact) mass is 403 g/mol. The van der Waals surface area contributed by atoms with Crippen LogP contribution < -0.4 is 9.46 Å². The Bertz CT molecular complexity index is 966. The Labute approximate surface area is 165 Å². The summed E-state index contributed by atoms with van der Waals surface area (Å²) >= 11 is 0. The van der Waals surface area contributed by atoms with Crippen molar-refractivity contribution in [3.05, 3.63) is 59.7 Å². The van der Waals surface area contributed by atoms with E-state index in [0.29, 0.717) is 12.2 Å². The molecule has 2 aromatic rings. The van der Waals surface area contributed by atoms with Crippen molar-refractivity contribution in [3.63, 3.8) is 0 Å². The minimum atomic E-state index is -3.85. The number of rotatable bonds is 6. The van der Waals surface area contributed by atoms with Crippen LogP contribution in [0.4, 0.5) is 0 Å². The first-order valence-corrected chi connectivity index (χ1v) is 10.8. The molecule has 0 amide bonds. The molecule has 1 heterocycles. The van der Waals surface area contributed by atoms with Gasteiger partial charge in [-0.2, -0.15) is 0 Å². The van der Waals surface area contributed by atoms with Crippen LogP contribution >= 0.6 is 0 Å². The van der Waals surface area contributed by atoms with E-state index in [1.807, 2.05) is 38.1 Å². The maximum atomic E-state index is 13.1. The Balaban J connectivity index is 1.96. The number of hydrogen-bond acceptors (Lipinski definition) is 5. The smallest absolute Gasteiger partial charge is 0.337 e. The molecule has 0 bridgehead atoms. The highest BCUT2D eigenvalue weighted by atomic mass is 32.2. The van der Waals surface area contributed by atoms with Gasteiger partial charge in [0.25, 0.3) is 0 Å². The minimum Gasteiger partial charge on any atom is -0.487 e. The zero-order valence-electron chi connectivity index (χ0n) is 16.3. The van der Waals surface area contributed by atoms with Crippen LogP contribution in [0.2, 0.25) is 0 Å². The lowest BCUT2D eigenvalue weighted by Crippen LogP contribution is -2.44. The van der Waals surface area contributed by atoms with E-state index in [4.69, 9.17) is 4.74 Å². The number of carbonyl (C=O) groups excluding carboxylic acids is 1. The predicted molar refractivity (Wildman–Crippen MR) is 106 cm³/mol. The van der Waals surface area contributed by atoms with Crippen LogP contribution in [-0.2, 0) is 14.8 Å². The predicted octanol–water partition coefficient (Wildman–Crippen LogP) is 3.83. The molecule has 2 aromatic carbocycles. The van der Waals surface area contributed by atoms with Crippen molar-refractivity contribution in [2.24, 2.45) is 0 Å². The molecule has 6 nitrogen and oxygen atoms in total. The summed E-state index contributed by atoms with van der Waals surface area (Å²) in [5.74, 6) is 0.123. The lowest BCUT2D eigenvalue weighted by Gasteiger charge is -2.41. The number of hydrogen-bond donors (Lipinski definition) is 1. The van der Waals surface area contributed by atoms with Crippen molar-refractivity contribution in [2.75, 3.05) is 7.11 Å². The highest BCUT2D eigenvalue weighted by Crippen LogP contribution is 2.43. The summed E-state index contributed by atoms with van der Waals surface area (Å²) in [4.78, 5) is 11.8. The average Bonchev–Trinajstić information content (AvgIpc) is 2.72. The second-order valence-electron chi connectivity index (χ2n) is 6.93. The Morgan fingerprint density at radius 1 is 1.18 bits per heavy atom. The number of ether oxygens (including phenoxy) is 2. The summed E-state index contributed by atoms with van der Waals surface area (Å²) < 4.78 is 39.9. The average molecular weight is 404 g/mol. The van der Waals surface area contributed by atoms with Gasteiger partial charge in [-0.15, -0.1) is 0 Å². The Morgan fingerprint density at radius 3 is 2.57 bits per heavy atom. The van der Waals surface area contributed by atoms with E-state index in [-0.39, 0.29) is 10.5 Å². The van der Waals surface area contributed by atoms with Crippen LogP contribution in [0.15, 0.2) is 53.4 Å². The van der Waals surface area contributed by atoms with E-state index >= 15 is 0 Å². The molecule has 0 fully saturated rings. The summed E-state index contributed by atoms with van der Waals surface area (Å²) in [5.41, 5.74) is 0.581. The molecule has 0 saturated carbocycles.